The number of aryl methyl sites for hydroxylation is 1. The Hall–Kier alpha value is -1.29. The van der Waals surface area contributed by atoms with E-state index in [2.05, 4.69) is 10.2 Å². The maximum atomic E-state index is 11.3. The largest absolute Gasteiger partial charge is 0.380 e. The molecule has 17 heavy (non-hydrogen) atoms. The summed E-state index contributed by atoms with van der Waals surface area (Å²) < 4.78 is 1.62. The van der Waals surface area contributed by atoms with Crippen LogP contribution in [0.1, 0.15) is 19.3 Å². The van der Waals surface area contributed by atoms with E-state index in [4.69, 9.17) is 0 Å². The zero-order valence-corrected chi connectivity index (χ0v) is 10.2. The van der Waals surface area contributed by atoms with Gasteiger partial charge in [-0.25, -0.2) is 0 Å². The van der Waals surface area contributed by atoms with Gasteiger partial charge in [-0.3, -0.25) is 9.69 Å². The van der Waals surface area contributed by atoms with E-state index >= 15 is 0 Å². The fraction of sp³-hybridized carbons (Fsp3) is 0.615. The van der Waals surface area contributed by atoms with Crippen molar-refractivity contribution in [2.24, 2.45) is 7.05 Å². The maximum Gasteiger partial charge on any atom is 0.250 e. The second-order valence-electron chi connectivity index (χ2n) is 5.22. The molecule has 1 saturated heterocycles. The lowest BCUT2D eigenvalue weighted by molar-refractivity contribution is 0.326. The minimum atomic E-state index is 0.0431. The predicted octanol–water partition coefficient (Wildman–Crippen LogP) is 1.03. The number of anilines is 1. The van der Waals surface area contributed by atoms with Crippen molar-refractivity contribution in [2.75, 3.05) is 18.4 Å². The number of pyridine rings is 1. The topological polar surface area (TPSA) is 37.3 Å². The summed E-state index contributed by atoms with van der Waals surface area (Å²) in [4.78, 5) is 13.9. The van der Waals surface area contributed by atoms with E-state index in [1.165, 1.54) is 25.8 Å². The van der Waals surface area contributed by atoms with Crippen LogP contribution in [0, 0.1) is 0 Å². The Balaban J connectivity index is 1.63. The number of nitrogens with zero attached hydrogens (tertiary/aromatic N) is 2. The summed E-state index contributed by atoms with van der Waals surface area (Å²) in [5.41, 5.74) is 1.09. The normalized spacial score (nSPS) is 25.1. The molecule has 1 aliphatic heterocycles. The molecule has 2 aliphatic rings. The molecule has 4 nitrogen and oxygen atoms in total. The van der Waals surface area contributed by atoms with Crippen molar-refractivity contribution in [2.45, 2.75) is 31.3 Å². The highest BCUT2D eigenvalue weighted by Crippen LogP contribution is 2.30. The van der Waals surface area contributed by atoms with Crippen LogP contribution in [0.5, 0.6) is 0 Å². The van der Waals surface area contributed by atoms with Crippen LogP contribution in [-0.2, 0) is 7.05 Å². The van der Waals surface area contributed by atoms with Gasteiger partial charge in [0.25, 0.3) is 0 Å². The van der Waals surface area contributed by atoms with Gasteiger partial charge in [0, 0.05) is 44.5 Å². The SMILES string of the molecule is Cn1cc(NC2CCN(C3CC3)C2)ccc1=O. The molecule has 0 bridgehead atoms. The van der Waals surface area contributed by atoms with E-state index in [0.29, 0.717) is 6.04 Å². The highest BCUT2D eigenvalue weighted by molar-refractivity contribution is 5.41. The lowest BCUT2D eigenvalue weighted by Crippen LogP contribution is -2.28. The zero-order chi connectivity index (χ0) is 11.8. The Morgan fingerprint density at radius 2 is 2.12 bits per heavy atom. The quantitative estimate of drug-likeness (QED) is 0.847. The monoisotopic (exact) mass is 233 g/mol. The Bertz CT molecular complexity index is 464. The average Bonchev–Trinajstić information content (AvgIpc) is 3.06. The highest BCUT2D eigenvalue weighted by Gasteiger charge is 2.34. The molecule has 0 amide bonds. The van der Waals surface area contributed by atoms with Crippen LogP contribution in [0.25, 0.3) is 0 Å². The molecular formula is C13H19N3O. The molecule has 4 heteroatoms. The first-order valence-electron chi connectivity index (χ1n) is 6.39. The first-order valence-corrected chi connectivity index (χ1v) is 6.39. The summed E-state index contributed by atoms with van der Waals surface area (Å²) in [6, 6.07) is 4.90. The molecule has 0 radical (unpaired) electrons. The van der Waals surface area contributed by atoms with Crippen LogP contribution >= 0.6 is 0 Å². The van der Waals surface area contributed by atoms with Crippen LogP contribution in [0.15, 0.2) is 23.1 Å². The summed E-state index contributed by atoms with van der Waals surface area (Å²) in [7, 11) is 1.79. The fourth-order valence-corrected chi connectivity index (χ4v) is 2.59. The Morgan fingerprint density at radius 3 is 2.82 bits per heavy atom. The van der Waals surface area contributed by atoms with Crippen molar-refractivity contribution in [3.8, 4) is 0 Å². The molecule has 1 aromatic rings. The van der Waals surface area contributed by atoms with E-state index < -0.39 is 0 Å². The van der Waals surface area contributed by atoms with Crippen molar-refractivity contribution in [3.05, 3.63) is 28.7 Å². The van der Waals surface area contributed by atoms with Gasteiger partial charge >= 0.3 is 0 Å². The second-order valence-corrected chi connectivity index (χ2v) is 5.22. The number of aromatic nitrogens is 1. The summed E-state index contributed by atoms with van der Waals surface area (Å²) in [6.45, 7) is 2.36. The Labute approximate surface area is 101 Å². The van der Waals surface area contributed by atoms with E-state index in [0.717, 1.165) is 18.3 Å². The molecule has 2 heterocycles. The second kappa shape index (κ2) is 4.18. The number of likely N-dealkylation sites (tertiary alicyclic amines) is 1. The van der Waals surface area contributed by atoms with Crippen molar-refractivity contribution >= 4 is 5.69 Å². The maximum absolute atomic E-state index is 11.3. The third-order valence-electron chi connectivity index (χ3n) is 3.74. The summed E-state index contributed by atoms with van der Waals surface area (Å²) in [6.07, 6.45) is 5.85. The number of hydrogen-bond donors (Lipinski definition) is 1. The molecule has 0 aromatic carbocycles. The van der Waals surface area contributed by atoms with Gasteiger partial charge < -0.3 is 9.88 Å². The Kier molecular flexibility index (Phi) is 2.67. The molecule has 1 aromatic heterocycles. The van der Waals surface area contributed by atoms with Crippen LogP contribution in [0.3, 0.4) is 0 Å². The first kappa shape index (κ1) is 10.8. The van der Waals surface area contributed by atoms with Gasteiger partial charge in [0.15, 0.2) is 0 Å². The first-order chi connectivity index (χ1) is 8.22. The van der Waals surface area contributed by atoms with Gasteiger partial charge in [-0.1, -0.05) is 0 Å². The fourth-order valence-electron chi connectivity index (χ4n) is 2.59. The summed E-state index contributed by atoms with van der Waals surface area (Å²) >= 11 is 0. The molecule has 1 unspecified atom stereocenters. The van der Waals surface area contributed by atoms with E-state index in [1.54, 1.807) is 17.7 Å². The van der Waals surface area contributed by atoms with E-state index in [9.17, 15) is 4.79 Å². The number of nitrogens with one attached hydrogen (secondary N) is 1. The van der Waals surface area contributed by atoms with Crippen molar-refractivity contribution in [1.29, 1.82) is 0 Å². The predicted molar refractivity (Wildman–Crippen MR) is 68.3 cm³/mol. The smallest absolute Gasteiger partial charge is 0.250 e. The molecule has 92 valence electrons. The summed E-state index contributed by atoms with van der Waals surface area (Å²) in [5.74, 6) is 0. The molecular weight excluding hydrogens is 214 g/mol. The summed E-state index contributed by atoms with van der Waals surface area (Å²) in [5, 5.41) is 3.52. The van der Waals surface area contributed by atoms with Crippen molar-refractivity contribution < 1.29 is 0 Å². The van der Waals surface area contributed by atoms with Crippen LogP contribution in [0.2, 0.25) is 0 Å². The highest BCUT2D eigenvalue weighted by atomic mass is 16.1. The van der Waals surface area contributed by atoms with E-state index in [1.807, 2.05) is 12.3 Å². The molecule has 1 N–H and O–H groups in total. The van der Waals surface area contributed by atoms with Crippen LogP contribution < -0.4 is 10.9 Å². The third-order valence-corrected chi connectivity index (χ3v) is 3.74. The minimum Gasteiger partial charge on any atom is -0.380 e. The van der Waals surface area contributed by atoms with Gasteiger partial charge in [0.05, 0.1) is 5.69 Å². The third kappa shape index (κ3) is 2.36. The van der Waals surface area contributed by atoms with E-state index in [-0.39, 0.29) is 5.56 Å². The van der Waals surface area contributed by atoms with Gasteiger partial charge in [-0.05, 0) is 25.3 Å². The van der Waals surface area contributed by atoms with Crippen LogP contribution in [-0.4, -0.2) is 34.6 Å². The minimum absolute atomic E-state index is 0.0431. The zero-order valence-electron chi connectivity index (χ0n) is 10.2. The molecule has 3 rings (SSSR count). The van der Waals surface area contributed by atoms with Crippen molar-refractivity contribution in [1.82, 2.24) is 9.47 Å². The van der Waals surface area contributed by atoms with Crippen LogP contribution in [0.4, 0.5) is 5.69 Å². The molecule has 1 atom stereocenters. The van der Waals surface area contributed by atoms with Gasteiger partial charge in [-0.15, -0.1) is 0 Å². The standard InChI is InChI=1S/C13H19N3O/c1-15-8-10(2-5-13(15)17)14-11-6-7-16(9-11)12-3-4-12/h2,5,8,11-12,14H,3-4,6-7,9H2,1H3. The lowest BCUT2D eigenvalue weighted by atomic mass is 10.2. The average molecular weight is 233 g/mol. The molecule has 2 fully saturated rings. The lowest BCUT2D eigenvalue weighted by Gasteiger charge is -2.16. The molecule has 0 spiro atoms. The van der Waals surface area contributed by atoms with Crippen molar-refractivity contribution in [3.63, 3.8) is 0 Å². The molecule has 1 aliphatic carbocycles. The molecule has 1 saturated carbocycles. The number of rotatable bonds is 3. The Morgan fingerprint density at radius 1 is 1.29 bits per heavy atom. The number of hydrogen-bond acceptors (Lipinski definition) is 3. The van der Waals surface area contributed by atoms with Gasteiger partial charge in [0.1, 0.15) is 0 Å². The van der Waals surface area contributed by atoms with Gasteiger partial charge in [-0.2, -0.15) is 0 Å². The van der Waals surface area contributed by atoms with Gasteiger partial charge in [0.2, 0.25) is 5.56 Å².